The summed E-state index contributed by atoms with van der Waals surface area (Å²) in [5.74, 6) is 0.0224. The lowest BCUT2D eigenvalue weighted by Crippen LogP contribution is -2.14. The van der Waals surface area contributed by atoms with Crippen LogP contribution >= 0.6 is 0 Å². The molecule has 2 rings (SSSR count). The summed E-state index contributed by atoms with van der Waals surface area (Å²) in [6.45, 7) is 0. The van der Waals surface area contributed by atoms with E-state index in [9.17, 15) is 12.8 Å². The first-order valence-electron chi connectivity index (χ1n) is 6.22. The van der Waals surface area contributed by atoms with Gasteiger partial charge < -0.3 is 10.5 Å². The van der Waals surface area contributed by atoms with Crippen LogP contribution in [0.25, 0.3) is 0 Å². The van der Waals surface area contributed by atoms with Crippen LogP contribution in [0.3, 0.4) is 0 Å². The van der Waals surface area contributed by atoms with E-state index in [0.717, 1.165) is 6.26 Å². The van der Waals surface area contributed by atoms with Gasteiger partial charge in [-0.2, -0.15) is 0 Å². The number of sulfone groups is 1. The van der Waals surface area contributed by atoms with Gasteiger partial charge in [-0.05, 0) is 35.9 Å². The number of ether oxygens (including phenoxy) is 1. The SMILES string of the molecule is COc1ccc(F)cc1C(N)c1cccc(S(C)(=O)=O)c1. The van der Waals surface area contributed by atoms with Gasteiger partial charge in [-0.25, -0.2) is 12.8 Å². The fourth-order valence-corrected chi connectivity index (χ4v) is 2.74. The number of nitrogens with two attached hydrogens (primary N) is 1. The third-order valence-electron chi connectivity index (χ3n) is 3.17. The minimum Gasteiger partial charge on any atom is -0.496 e. The zero-order valence-electron chi connectivity index (χ0n) is 11.7. The second-order valence-corrected chi connectivity index (χ2v) is 6.72. The molecular weight excluding hydrogens is 293 g/mol. The summed E-state index contributed by atoms with van der Waals surface area (Å²) in [4.78, 5) is 0.172. The molecule has 4 nitrogen and oxygen atoms in total. The molecule has 0 radical (unpaired) electrons. The van der Waals surface area contributed by atoms with Crippen LogP contribution in [0.4, 0.5) is 4.39 Å². The van der Waals surface area contributed by atoms with Crippen molar-refractivity contribution in [2.24, 2.45) is 5.73 Å². The molecule has 2 N–H and O–H groups in total. The molecule has 0 amide bonds. The first-order valence-corrected chi connectivity index (χ1v) is 8.11. The van der Waals surface area contributed by atoms with Crippen molar-refractivity contribution in [2.45, 2.75) is 10.9 Å². The minimum atomic E-state index is -3.33. The van der Waals surface area contributed by atoms with Crippen LogP contribution in [0.5, 0.6) is 5.75 Å². The minimum absolute atomic E-state index is 0.172. The molecule has 2 aromatic carbocycles. The molecule has 21 heavy (non-hydrogen) atoms. The van der Waals surface area contributed by atoms with Crippen LogP contribution in [0.15, 0.2) is 47.4 Å². The molecule has 0 aliphatic carbocycles. The number of hydrogen-bond donors (Lipinski definition) is 1. The van der Waals surface area contributed by atoms with Crippen LogP contribution in [0.2, 0.25) is 0 Å². The molecule has 1 atom stereocenters. The monoisotopic (exact) mass is 309 g/mol. The van der Waals surface area contributed by atoms with Crippen LogP contribution in [-0.4, -0.2) is 21.8 Å². The van der Waals surface area contributed by atoms with E-state index in [4.69, 9.17) is 10.5 Å². The Bertz CT molecular complexity index is 759. The quantitative estimate of drug-likeness (QED) is 0.941. The Hall–Kier alpha value is -1.92. The largest absolute Gasteiger partial charge is 0.496 e. The molecular formula is C15H16FNO3S. The normalized spacial score (nSPS) is 13.0. The molecule has 0 heterocycles. The van der Waals surface area contributed by atoms with Crippen molar-refractivity contribution in [3.63, 3.8) is 0 Å². The highest BCUT2D eigenvalue weighted by Gasteiger charge is 2.17. The summed E-state index contributed by atoms with van der Waals surface area (Å²) in [5.41, 5.74) is 7.16. The van der Waals surface area contributed by atoms with Crippen molar-refractivity contribution in [2.75, 3.05) is 13.4 Å². The Labute approximate surface area is 123 Å². The van der Waals surface area contributed by atoms with E-state index in [-0.39, 0.29) is 4.90 Å². The molecule has 112 valence electrons. The average Bonchev–Trinajstić information content (AvgIpc) is 2.45. The van der Waals surface area contributed by atoms with Crippen molar-refractivity contribution in [3.05, 3.63) is 59.4 Å². The van der Waals surface area contributed by atoms with Crippen LogP contribution in [-0.2, 0) is 9.84 Å². The number of halogens is 1. The fraction of sp³-hybridized carbons (Fsp3) is 0.200. The molecule has 2 aromatic rings. The van der Waals surface area contributed by atoms with Gasteiger partial charge in [-0.15, -0.1) is 0 Å². The lowest BCUT2D eigenvalue weighted by molar-refractivity contribution is 0.406. The van der Waals surface area contributed by atoms with Gasteiger partial charge in [-0.3, -0.25) is 0 Å². The molecule has 0 bridgehead atoms. The van der Waals surface area contributed by atoms with Crippen LogP contribution in [0, 0.1) is 5.82 Å². The Morgan fingerprint density at radius 1 is 1.19 bits per heavy atom. The number of hydrogen-bond acceptors (Lipinski definition) is 4. The average molecular weight is 309 g/mol. The Morgan fingerprint density at radius 2 is 1.90 bits per heavy atom. The third kappa shape index (κ3) is 3.40. The topological polar surface area (TPSA) is 69.4 Å². The lowest BCUT2D eigenvalue weighted by Gasteiger charge is -2.17. The van der Waals surface area contributed by atoms with Gasteiger partial charge in [0.1, 0.15) is 11.6 Å². The molecule has 0 fully saturated rings. The molecule has 0 aliphatic rings. The van der Waals surface area contributed by atoms with Crippen LogP contribution in [0.1, 0.15) is 17.2 Å². The van der Waals surface area contributed by atoms with Crippen molar-refractivity contribution in [3.8, 4) is 5.75 Å². The van der Waals surface area contributed by atoms with E-state index < -0.39 is 21.7 Å². The number of methoxy groups -OCH3 is 1. The van der Waals surface area contributed by atoms with Gasteiger partial charge >= 0.3 is 0 Å². The molecule has 0 spiro atoms. The summed E-state index contributed by atoms with van der Waals surface area (Å²) in [5, 5.41) is 0. The van der Waals surface area contributed by atoms with Gasteiger partial charge in [-0.1, -0.05) is 12.1 Å². The summed E-state index contributed by atoms with van der Waals surface area (Å²) in [7, 11) is -1.86. The Balaban J connectivity index is 2.50. The van der Waals surface area contributed by atoms with Crippen molar-refractivity contribution >= 4 is 9.84 Å². The highest BCUT2D eigenvalue weighted by Crippen LogP contribution is 2.29. The van der Waals surface area contributed by atoms with E-state index in [0.29, 0.717) is 16.9 Å². The zero-order valence-corrected chi connectivity index (χ0v) is 12.5. The molecule has 0 aliphatic heterocycles. The third-order valence-corrected chi connectivity index (χ3v) is 4.28. The van der Waals surface area contributed by atoms with Gasteiger partial charge in [0.25, 0.3) is 0 Å². The molecule has 0 saturated carbocycles. The highest BCUT2D eigenvalue weighted by atomic mass is 32.2. The van der Waals surface area contributed by atoms with Crippen LogP contribution < -0.4 is 10.5 Å². The van der Waals surface area contributed by atoms with E-state index in [1.165, 1.54) is 37.4 Å². The summed E-state index contributed by atoms with van der Waals surface area (Å²) < 4.78 is 41.8. The number of rotatable bonds is 4. The van der Waals surface area contributed by atoms with E-state index in [1.807, 2.05) is 0 Å². The summed E-state index contributed by atoms with van der Waals surface area (Å²) in [6, 6.07) is 9.67. The van der Waals surface area contributed by atoms with E-state index >= 15 is 0 Å². The maximum absolute atomic E-state index is 13.4. The second-order valence-electron chi connectivity index (χ2n) is 4.71. The summed E-state index contributed by atoms with van der Waals surface area (Å²) >= 11 is 0. The molecule has 6 heteroatoms. The Morgan fingerprint density at radius 3 is 2.52 bits per heavy atom. The van der Waals surface area contributed by atoms with Gasteiger partial charge in [0.2, 0.25) is 0 Å². The standard InChI is InChI=1S/C15H16FNO3S/c1-20-14-7-6-11(16)9-13(14)15(17)10-4-3-5-12(8-10)21(2,18)19/h3-9,15H,17H2,1-2H3. The molecule has 0 aromatic heterocycles. The van der Waals surface area contributed by atoms with Gasteiger partial charge in [0.15, 0.2) is 9.84 Å². The number of benzene rings is 2. The van der Waals surface area contributed by atoms with E-state index in [2.05, 4.69) is 0 Å². The smallest absolute Gasteiger partial charge is 0.175 e. The highest BCUT2D eigenvalue weighted by molar-refractivity contribution is 7.90. The van der Waals surface area contributed by atoms with Crippen molar-refractivity contribution < 1.29 is 17.5 Å². The maximum atomic E-state index is 13.4. The second kappa shape index (κ2) is 5.83. The summed E-state index contributed by atoms with van der Waals surface area (Å²) in [6.07, 6.45) is 1.13. The zero-order chi connectivity index (χ0) is 15.6. The van der Waals surface area contributed by atoms with Crippen molar-refractivity contribution in [1.29, 1.82) is 0 Å². The molecule has 0 saturated heterocycles. The molecule has 1 unspecified atom stereocenters. The first-order chi connectivity index (χ1) is 9.82. The lowest BCUT2D eigenvalue weighted by atomic mass is 9.98. The predicted molar refractivity (Wildman–Crippen MR) is 78.5 cm³/mol. The predicted octanol–water partition coefficient (Wildman–Crippen LogP) is 2.29. The first kappa shape index (κ1) is 15.5. The van der Waals surface area contributed by atoms with Gasteiger partial charge in [0, 0.05) is 11.8 Å². The maximum Gasteiger partial charge on any atom is 0.175 e. The fourth-order valence-electron chi connectivity index (χ4n) is 2.07. The van der Waals surface area contributed by atoms with E-state index in [1.54, 1.807) is 12.1 Å². The van der Waals surface area contributed by atoms with Gasteiger partial charge in [0.05, 0.1) is 18.0 Å². The Kier molecular flexibility index (Phi) is 4.29. The van der Waals surface area contributed by atoms with Crippen molar-refractivity contribution in [1.82, 2.24) is 0 Å².